The maximum atomic E-state index is 9.87. The van der Waals surface area contributed by atoms with Gasteiger partial charge in [-0.2, -0.15) is 5.26 Å². The highest BCUT2D eigenvalue weighted by atomic mass is 15.0. The van der Waals surface area contributed by atoms with Gasteiger partial charge in [0, 0.05) is 50.2 Å². The Labute approximate surface area is 344 Å². The fraction of sp³-hybridized carbons (Fsp3) is 0. The number of hydrogen-bond acceptors (Lipinski definition) is 5. The van der Waals surface area contributed by atoms with Gasteiger partial charge >= 0.3 is 0 Å². The number of nitriles is 1. The molecule has 11 rings (SSSR count). The topological polar surface area (TPSA) is 89.6 Å². The van der Waals surface area contributed by atoms with Crippen molar-refractivity contribution in [2.24, 2.45) is 0 Å². The van der Waals surface area contributed by atoms with Crippen LogP contribution in [0.2, 0.25) is 0 Å². The first-order valence-corrected chi connectivity index (χ1v) is 19.5. The van der Waals surface area contributed by atoms with Gasteiger partial charge in [0.05, 0.1) is 57.8 Å². The van der Waals surface area contributed by atoms with Crippen molar-refractivity contribution in [3.63, 3.8) is 0 Å². The molecule has 0 N–H and O–H groups in total. The monoisotopic (exact) mass is 766 g/mol. The molecule has 0 saturated heterocycles. The number of fused-ring (bicyclic) bond motifs is 6. The largest absolute Gasteiger partial charge is 0.309 e. The molecule has 0 aliphatic carbocycles. The van der Waals surface area contributed by atoms with Gasteiger partial charge in [-0.1, -0.05) is 103 Å². The molecule has 0 fully saturated rings. The highest BCUT2D eigenvalue weighted by molar-refractivity contribution is 6.12. The average molecular weight is 767 g/mol. The molecule has 60 heavy (non-hydrogen) atoms. The molecule has 0 spiro atoms. The molecule has 0 aliphatic heterocycles. The third kappa shape index (κ3) is 5.60. The maximum absolute atomic E-state index is 9.87. The maximum Gasteiger partial charge on any atom is 0.188 e. The van der Waals surface area contributed by atoms with Crippen LogP contribution in [0.25, 0.3) is 105 Å². The van der Waals surface area contributed by atoms with Crippen molar-refractivity contribution in [1.29, 1.82) is 5.26 Å². The van der Waals surface area contributed by atoms with Gasteiger partial charge in [0.25, 0.3) is 0 Å². The van der Waals surface area contributed by atoms with E-state index in [1.807, 2.05) is 134 Å². The van der Waals surface area contributed by atoms with E-state index < -0.39 is 0 Å². The normalized spacial score (nSPS) is 11.3. The van der Waals surface area contributed by atoms with Gasteiger partial charge in [0.2, 0.25) is 0 Å². The van der Waals surface area contributed by atoms with Crippen LogP contribution in [-0.4, -0.2) is 29.1 Å². The number of pyridine rings is 1. The standard InChI is InChI=1S/C52H30N8/c1-54-37-22-25-48-43(30-37)39-17-9-10-18-44(39)59(48)47-24-21-36(52-57-50(34-12-4-2-5-13-34)56-51(58-52)35-14-6-3-7-15-35)29-42(47)40-26-27-55-32-49(40)60-45-19-11-8-16-38(45)41-28-33(31-53)20-23-46(41)60/h2-30,32H. The zero-order valence-corrected chi connectivity index (χ0v) is 31.9. The van der Waals surface area contributed by atoms with E-state index in [-0.39, 0.29) is 0 Å². The molecule has 4 aromatic heterocycles. The van der Waals surface area contributed by atoms with E-state index in [2.05, 4.69) is 68.6 Å². The lowest BCUT2D eigenvalue weighted by molar-refractivity contribution is 1.07. The highest BCUT2D eigenvalue weighted by Gasteiger charge is 2.22. The van der Waals surface area contributed by atoms with Gasteiger partial charge < -0.3 is 9.13 Å². The van der Waals surface area contributed by atoms with E-state index in [0.29, 0.717) is 28.7 Å². The number of benzene rings is 7. The molecule has 11 aromatic rings. The molecule has 0 saturated carbocycles. The Morgan fingerprint density at radius 2 is 1.02 bits per heavy atom. The van der Waals surface area contributed by atoms with Crippen LogP contribution in [0.4, 0.5) is 5.69 Å². The van der Waals surface area contributed by atoms with Gasteiger partial charge in [0.15, 0.2) is 23.2 Å². The van der Waals surface area contributed by atoms with E-state index in [1.165, 1.54) is 0 Å². The second kappa shape index (κ2) is 14.0. The fourth-order valence-corrected chi connectivity index (χ4v) is 8.41. The number of aromatic nitrogens is 6. The molecule has 0 radical (unpaired) electrons. The first kappa shape index (κ1) is 34.5. The Morgan fingerprint density at radius 1 is 0.467 bits per heavy atom. The zero-order valence-electron chi connectivity index (χ0n) is 31.9. The minimum absolute atomic E-state index is 0.538. The van der Waals surface area contributed by atoms with Crippen LogP contribution in [0.15, 0.2) is 182 Å². The van der Waals surface area contributed by atoms with Crippen LogP contribution in [0, 0.1) is 17.9 Å². The predicted octanol–water partition coefficient (Wildman–Crippen LogP) is 12.6. The van der Waals surface area contributed by atoms with Crippen molar-refractivity contribution in [2.45, 2.75) is 0 Å². The summed E-state index contributed by atoms with van der Waals surface area (Å²) in [6.07, 6.45) is 3.74. The number of nitrogens with zero attached hydrogens (tertiary/aromatic N) is 8. The van der Waals surface area contributed by atoms with Gasteiger partial charge in [0.1, 0.15) is 0 Å². The summed E-state index contributed by atoms with van der Waals surface area (Å²) in [5, 5.41) is 13.9. The Balaban J connectivity index is 1.23. The number of para-hydroxylation sites is 2. The Morgan fingerprint density at radius 3 is 1.65 bits per heavy atom. The van der Waals surface area contributed by atoms with Gasteiger partial charge in [-0.25, -0.2) is 19.8 Å². The summed E-state index contributed by atoms with van der Waals surface area (Å²) < 4.78 is 4.52. The lowest BCUT2D eigenvalue weighted by Crippen LogP contribution is -2.04. The van der Waals surface area contributed by atoms with Crippen LogP contribution in [0.3, 0.4) is 0 Å². The Kier molecular flexibility index (Phi) is 8.07. The SMILES string of the molecule is [C-]#[N+]c1ccc2c(c1)c1ccccc1n2-c1ccc(-c2nc(-c3ccccc3)nc(-c3ccccc3)n2)cc1-c1ccncc1-n1c2ccccc2c2cc(C#N)ccc21. The smallest absolute Gasteiger partial charge is 0.188 e. The molecule has 8 nitrogen and oxygen atoms in total. The molecule has 0 unspecified atom stereocenters. The number of hydrogen-bond donors (Lipinski definition) is 0. The van der Waals surface area contributed by atoms with Crippen LogP contribution >= 0.6 is 0 Å². The van der Waals surface area contributed by atoms with Gasteiger partial charge in [-0.05, 0) is 72.1 Å². The molecule has 0 bridgehead atoms. The minimum Gasteiger partial charge on any atom is -0.309 e. The predicted molar refractivity (Wildman–Crippen MR) is 239 cm³/mol. The molecule has 8 heteroatoms. The van der Waals surface area contributed by atoms with Crippen molar-refractivity contribution in [3.8, 4) is 62.7 Å². The van der Waals surface area contributed by atoms with Crippen molar-refractivity contribution >= 4 is 49.3 Å². The van der Waals surface area contributed by atoms with E-state index in [4.69, 9.17) is 26.5 Å². The summed E-state index contributed by atoms with van der Waals surface area (Å²) in [5.41, 5.74) is 11.4. The van der Waals surface area contributed by atoms with E-state index >= 15 is 0 Å². The molecule has 7 aromatic carbocycles. The van der Waals surface area contributed by atoms with Crippen molar-refractivity contribution < 1.29 is 0 Å². The third-order valence-electron chi connectivity index (χ3n) is 11.1. The van der Waals surface area contributed by atoms with Crippen LogP contribution in [0.5, 0.6) is 0 Å². The molecular weight excluding hydrogens is 737 g/mol. The quantitative estimate of drug-likeness (QED) is 0.157. The summed E-state index contributed by atoms with van der Waals surface area (Å²) >= 11 is 0. The second-order valence-corrected chi connectivity index (χ2v) is 14.5. The lowest BCUT2D eigenvalue weighted by Gasteiger charge is -2.19. The van der Waals surface area contributed by atoms with E-state index in [0.717, 1.165) is 82.8 Å². The molecule has 0 atom stereocenters. The summed E-state index contributed by atoms with van der Waals surface area (Å²) in [6.45, 7) is 7.80. The first-order valence-electron chi connectivity index (χ1n) is 19.5. The average Bonchev–Trinajstić information content (AvgIpc) is 3.83. The zero-order chi connectivity index (χ0) is 40.2. The molecular formula is C52H30N8. The van der Waals surface area contributed by atoms with E-state index in [1.54, 1.807) is 0 Å². The summed E-state index contributed by atoms with van der Waals surface area (Å²) in [7, 11) is 0. The highest BCUT2D eigenvalue weighted by Crippen LogP contribution is 2.42. The molecule has 0 aliphatic rings. The molecule has 278 valence electrons. The number of rotatable bonds is 6. The fourth-order valence-electron chi connectivity index (χ4n) is 8.41. The van der Waals surface area contributed by atoms with Crippen LogP contribution in [-0.2, 0) is 0 Å². The van der Waals surface area contributed by atoms with Gasteiger partial charge in [-0.15, -0.1) is 0 Å². The van der Waals surface area contributed by atoms with Crippen molar-refractivity contribution in [1.82, 2.24) is 29.1 Å². The Bertz CT molecular complexity index is 3510. The van der Waals surface area contributed by atoms with Crippen molar-refractivity contribution in [3.05, 3.63) is 199 Å². The second-order valence-electron chi connectivity index (χ2n) is 14.5. The third-order valence-corrected chi connectivity index (χ3v) is 11.1. The first-order chi connectivity index (χ1) is 29.7. The summed E-state index contributed by atoms with van der Waals surface area (Å²) in [5.74, 6) is 1.69. The van der Waals surface area contributed by atoms with Crippen LogP contribution < -0.4 is 0 Å². The lowest BCUT2D eigenvalue weighted by atomic mass is 9.99. The van der Waals surface area contributed by atoms with E-state index in [9.17, 15) is 5.26 Å². The minimum atomic E-state index is 0.538. The Hall–Kier alpha value is -8.72. The molecule has 0 amide bonds. The summed E-state index contributed by atoms with van der Waals surface area (Å²) in [4.78, 5) is 23.7. The molecule has 4 heterocycles. The summed E-state index contributed by atoms with van der Waals surface area (Å²) in [6, 6.07) is 59.1. The van der Waals surface area contributed by atoms with Crippen molar-refractivity contribution in [2.75, 3.05) is 0 Å². The van der Waals surface area contributed by atoms with Gasteiger partial charge in [-0.3, -0.25) is 4.98 Å². The van der Waals surface area contributed by atoms with Crippen LogP contribution in [0.1, 0.15) is 5.56 Å².